The smallest absolute Gasteiger partial charge is 0.137 e. The molecule has 0 aliphatic heterocycles. The number of rotatable bonds is 6. The summed E-state index contributed by atoms with van der Waals surface area (Å²) in [4.78, 5) is 10.3. The summed E-state index contributed by atoms with van der Waals surface area (Å²) in [5.41, 5.74) is 1.02. The Balaban J connectivity index is 2.88. The monoisotopic (exact) mass is 243 g/mol. The summed E-state index contributed by atoms with van der Waals surface area (Å²) >= 11 is 6.08. The van der Waals surface area contributed by atoms with E-state index in [0.29, 0.717) is 11.8 Å². The minimum Gasteiger partial charge on any atom is -0.383 e. The van der Waals surface area contributed by atoms with E-state index in [9.17, 15) is 0 Å². The Bertz CT molecular complexity index is 333. The van der Waals surface area contributed by atoms with E-state index in [1.165, 1.54) is 6.33 Å². The second kappa shape index (κ2) is 6.66. The summed E-state index contributed by atoms with van der Waals surface area (Å²) in [7, 11) is 3.67. The van der Waals surface area contributed by atoms with Crippen molar-refractivity contribution in [2.75, 3.05) is 32.2 Å². The number of hydrogen-bond acceptors (Lipinski definition) is 4. The summed E-state index contributed by atoms with van der Waals surface area (Å²) < 4.78 is 5.05. The molecule has 0 aliphatic carbocycles. The molecule has 0 aromatic carbocycles. The first-order chi connectivity index (χ1) is 7.70. The zero-order valence-corrected chi connectivity index (χ0v) is 10.8. The Labute approximate surface area is 102 Å². The van der Waals surface area contributed by atoms with Gasteiger partial charge in [0.1, 0.15) is 17.3 Å². The van der Waals surface area contributed by atoms with Crippen molar-refractivity contribution in [3.8, 4) is 0 Å². The van der Waals surface area contributed by atoms with E-state index in [2.05, 4.69) is 16.9 Å². The van der Waals surface area contributed by atoms with E-state index >= 15 is 0 Å². The summed E-state index contributed by atoms with van der Waals surface area (Å²) in [6.45, 7) is 3.58. The topological polar surface area (TPSA) is 38.2 Å². The van der Waals surface area contributed by atoms with Gasteiger partial charge in [-0.05, 0) is 6.42 Å². The van der Waals surface area contributed by atoms with Gasteiger partial charge in [-0.15, -0.1) is 0 Å². The number of halogens is 1. The molecule has 1 rings (SSSR count). The Morgan fingerprint density at radius 2 is 2.19 bits per heavy atom. The van der Waals surface area contributed by atoms with Crippen molar-refractivity contribution in [2.45, 2.75) is 19.8 Å². The lowest BCUT2D eigenvalue weighted by molar-refractivity contribution is 0.206. The van der Waals surface area contributed by atoms with Crippen LogP contribution in [0.15, 0.2) is 6.33 Å². The van der Waals surface area contributed by atoms with Gasteiger partial charge in [-0.25, -0.2) is 9.97 Å². The normalized spacial score (nSPS) is 10.5. The molecule has 0 saturated heterocycles. The molecule has 0 fully saturated rings. The van der Waals surface area contributed by atoms with Gasteiger partial charge < -0.3 is 9.64 Å². The van der Waals surface area contributed by atoms with Gasteiger partial charge in [0, 0.05) is 26.3 Å². The third kappa shape index (κ3) is 3.32. The molecule has 0 aliphatic rings. The molecule has 0 spiro atoms. The lowest BCUT2D eigenvalue weighted by Crippen LogP contribution is -2.24. The lowest BCUT2D eigenvalue weighted by Gasteiger charge is -2.20. The van der Waals surface area contributed by atoms with Crippen LogP contribution in [0.4, 0.5) is 5.82 Å². The van der Waals surface area contributed by atoms with E-state index in [1.807, 2.05) is 11.9 Å². The number of hydrogen-bond donors (Lipinski definition) is 0. The fraction of sp³-hybridized carbons (Fsp3) is 0.636. The molecule has 0 radical (unpaired) electrons. The SMILES string of the molecule is CCCc1c(Cl)ncnc1N(C)CCOC. The first kappa shape index (κ1) is 13.2. The van der Waals surface area contributed by atoms with Crippen LogP contribution >= 0.6 is 11.6 Å². The molecule has 0 amide bonds. The molecule has 0 saturated carbocycles. The number of ether oxygens (including phenoxy) is 1. The van der Waals surface area contributed by atoms with Crippen LogP contribution in [0.25, 0.3) is 0 Å². The zero-order chi connectivity index (χ0) is 12.0. The summed E-state index contributed by atoms with van der Waals surface area (Å²) in [6.07, 6.45) is 3.42. The van der Waals surface area contributed by atoms with Crippen LogP contribution in [0.5, 0.6) is 0 Å². The highest BCUT2D eigenvalue weighted by atomic mass is 35.5. The molecule has 0 atom stereocenters. The van der Waals surface area contributed by atoms with E-state index in [0.717, 1.165) is 30.8 Å². The van der Waals surface area contributed by atoms with Crippen molar-refractivity contribution >= 4 is 17.4 Å². The number of anilines is 1. The molecule has 1 aromatic heterocycles. The predicted octanol–water partition coefficient (Wildman–Crippen LogP) is 2.17. The molecular formula is C11H18ClN3O. The van der Waals surface area contributed by atoms with Gasteiger partial charge >= 0.3 is 0 Å². The van der Waals surface area contributed by atoms with Crippen LogP contribution in [-0.2, 0) is 11.2 Å². The van der Waals surface area contributed by atoms with E-state index < -0.39 is 0 Å². The predicted molar refractivity (Wildman–Crippen MR) is 66.2 cm³/mol. The average molecular weight is 244 g/mol. The summed E-state index contributed by atoms with van der Waals surface area (Å²) in [5, 5.41) is 0.552. The zero-order valence-electron chi connectivity index (χ0n) is 10.0. The third-order valence-electron chi connectivity index (χ3n) is 2.36. The van der Waals surface area contributed by atoms with Crippen molar-refractivity contribution in [2.24, 2.45) is 0 Å². The highest BCUT2D eigenvalue weighted by molar-refractivity contribution is 6.30. The molecule has 5 heteroatoms. The second-order valence-corrected chi connectivity index (χ2v) is 3.99. The largest absolute Gasteiger partial charge is 0.383 e. The maximum atomic E-state index is 6.08. The van der Waals surface area contributed by atoms with E-state index in [4.69, 9.17) is 16.3 Å². The molecule has 0 bridgehead atoms. The van der Waals surface area contributed by atoms with Crippen LogP contribution < -0.4 is 4.90 Å². The van der Waals surface area contributed by atoms with Crippen LogP contribution in [0.1, 0.15) is 18.9 Å². The molecule has 1 aromatic rings. The van der Waals surface area contributed by atoms with Gasteiger partial charge in [-0.2, -0.15) is 0 Å². The maximum Gasteiger partial charge on any atom is 0.137 e. The van der Waals surface area contributed by atoms with Crippen molar-refractivity contribution in [1.82, 2.24) is 9.97 Å². The van der Waals surface area contributed by atoms with Gasteiger partial charge in [0.25, 0.3) is 0 Å². The van der Waals surface area contributed by atoms with Gasteiger partial charge in [0.05, 0.1) is 6.61 Å². The third-order valence-corrected chi connectivity index (χ3v) is 2.69. The number of nitrogens with zero attached hydrogens (tertiary/aromatic N) is 3. The lowest BCUT2D eigenvalue weighted by atomic mass is 10.2. The Morgan fingerprint density at radius 3 is 2.81 bits per heavy atom. The Kier molecular flexibility index (Phi) is 5.49. The fourth-order valence-corrected chi connectivity index (χ4v) is 1.73. The van der Waals surface area contributed by atoms with E-state index in [1.54, 1.807) is 7.11 Å². The molecule has 4 nitrogen and oxygen atoms in total. The van der Waals surface area contributed by atoms with Crippen LogP contribution in [0.2, 0.25) is 5.15 Å². The molecule has 1 heterocycles. The highest BCUT2D eigenvalue weighted by Gasteiger charge is 2.12. The molecule has 0 N–H and O–H groups in total. The standard InChI is InChI=1S/C11H18ClN3O/c1-4-5-9-10(12)13-8-14-11(9)15(2)6-7-16-3/h8H,4-7H2,1-3H3. The Morgan fingerprint density at radius 1 is 1.44 bits per heavy atom. The van der Waals surface area contributed by atoms with Gasteiger partial charge in [0.15, 0.2) is 0 Å². The van der Waals surface area contributed by atoms with Crippen molar-refractivity contribution in [3.63, 3.8) is 0 Å². The molecule has 0 unspecified atom stereocenters. The number of methoxy groups -OCH3 is 1. The highest BCUT2D eigenvalue weighted by Crippen LogP contribution is 2.23. The van der Waals surface area contributed by atoms with Crippen molar-refractivity contribution in [1.29, 1.82) is 0 Å². The quantitative estimate of drug-likeness (QED) is 0.718. The van der Waals surface area contributed by atoms with Crippen molar-refractivity contribution in [3.05, 3.63) is 17.0 Å². The minimum absolute atomic E-state index is 0.552. The Hall–Kier alpha value is -0.870. The van der Waals surface area contributed by atoms with Gasteiger partial charge in [0.2, 0.25) is 0 Å². The van der Waals surface area contributed by atoms with Gasteiger partial charge in [-0.3, -0.25) is 0 Å². The second-order valence-electron chi connectivity index (χ2n) is 3.63. The van der Waals surface area contributed by atoms with Gasteiger partial charge in [-0.1, -0.05) is 24.9 Å². The maximum absolute atomic E-state index is 6.08. The number of likely N-dealkylation sites (N-methyl/N-ethyl adjacent to an activating group) is 1. The van der Waals surface area contributed by atoms with Crippen LogP contribution in [0.3, 0.4) is 0 Å². The molecule has 90 valence electrons. The van der Waals surface area contributed by atoms with E-state index in [-0.39, 0.29) is 0 Å². The summed E-state index contributed by atoms with van der Waals surface area (Å²) in [6, 6.07) is 0. The summed E-state index contributed by atoms with van der Waals surface area (Å²) in [5.74, 6) is 0.902. The molecular weight excluding hydrogens is 226 g/mol. The average Bonchev–Trinajstić information content (AvgIpc) is 2.29. The molecule has 16 heavy (non-hydrogen) atoms. The van der Waals surface area contributed by atoms with Crippen LogP contribution in [-0.4, -0.2) is 37.3 Å². The minimum atomic E-state index is 0.552. The first-order valence-electron chi connectivity index (χ1n) is 5.40. The fourth-order valence-electron chi connectivity index (χ4n) is 1.51. The van der Waals surface area contributed by atoms with Crippen LogP contribution in [0, 0.1) is 0 Å². The first-order valence-corrected chi connectivity index (χ1v) is 5.78. The van der Waals surface area contributed by atoms with Crippen molar-refractivity contribution < 1.29 is 4.74 Å². The number of aromatic nitrogens is 2.